The molecule has 0 bridgehead atoms. The van der Waals surface area contributed by atoms with E-state index in [1.54, 1.807) is 34.5 Å². The molecule has 1 aliphatic heterocycles. The Labute approximate surface area is 163 Å². The number of fused-ring (bicyclic) bond motifs is 1. The van der Waals surface area contributed by atoms with Crippen molar-refractivity contribution in [3.63, 3.8) is 0 Å². The molecule has 0 radical (unpaired) electrons. The van der Waals surface area contributed by atoms with Crippen molar-refractivity contribution >= 4 is 58.3 Å². The molecule has 0 unspecified atom stereocenters. The number of aromatic nitrogens is 2. The number of rotatable bonds is 5. The second-order valence-electron chi connectivity index (χ2n) is 5.28. The van der Waals surface area contributed by atoms with Crippen molar-refractivity contribution in [1.29, 1.82) is 0 Å². The Morgan fingerprint density at radius 3 is 2.92 bits per heavy atom. The first-order valence-electron chi connectivity index (χ1n) is 7.63. The summed E-state index contributed by atoms with van der Waals surface area (Å²) in [6, 6.07) is 4.91. The number of benzene rings is 1. The van der Waals surface area contributed by atoms with Crippen LogP contribution < -0.4 is 10.9 Å². The monoisotopic (exact) mass is 415 g/mol. The van der Waals surface area contributed by atoms with E-state index < -0.39 is 0 Å². The Balaban J connectivity index is 1.71. The summed E-state index contributed by atoms with van der Waals surface area (Å²) in [5.74, 6) is 0.835. The summed E-state index contributed by atoms with van der Waals surface area (Å²) >= 11 is 14.6. The molecule has 9 heteroatoms. The quantitative estimate of drug-likeness (QED) is 0.591. The number of aryl methyl sites for hydroxylation is 1. The van der Waals surface area contributed by atoms with Gasteiger partial charge in [0.2, 0.25) is 5.91 Å². The second-order valence-corrected chi connectivity index (χ2v) is 8.15. The molecule has 0 atom stereocenters. The van der Waals surface area contributed by atoms with Crippen LogP contribution in [0.2, 0.25) is 10.0 Å². The lowest BCUT2D eigenvalue weighted by Crippen LogP contribution is -2.25. The maximum absolute atomic E-state index is 12.5. The summed E-state index contributed by atoms with van der Waals surface area (Å²) in [7, 11) is 0. The van der Waals surface area contributed by atoms with Crippen LogP contribution in [0.4, 0.5) is 5.69 Å². The van der Waals surface area contributed by atoms with E-state index in [0.29, 0.717) is 27.4 Å². The van der Waals surface area contributed by atoms with E-state index in [4.69, 9.17) is 23.2 Å². The Bertz CT molecular complexity index is 886. The molecule has 0 fully saturated rings. The summed E-state index contributed by atoms with van der Waals surface area (Å²) in [5, 5.41) is 4.16. The fourth-order valence-electron chi connectivity index (χ4n) is 2.41. The van der Waals surface area contributed by atoms with Crippen LogP contribution in [0.5, 0.6) is 0 Å². The molecule has 2 aromatic rings. The third-order valence-electron chi connectivity index (χ3n) is 3.60. The largest absolute Gasteiger partial charge is 0.325 e. The molecule has 1 amide bonds. The van der Waals surface area contributed by atoms with Crippen molar-refractivity contribution in [2.75, 3.05) is 16.8 Å². The Morgan fingerprint density at radius 1 is 1.40 bits per heavy atom. The molecule has 0 aliphatic carbocycles. The first kappa shape index (κ1) is 18.6. The van der Waals surface area contributed by atoms with Gasteiger partial charge in [-0.05, 0) is 25.1 Å². The smallest absolute Gasteiger partial charge is 0.268 e. The predicted octanol–water partition coefficient (Wildman–Crippen LogP) is 3.95. The first-order valence-corrected chi connectivity index (χ1v) is 10.4. The van der Waals surface area contributed by atoms with Gasteiger partial charge in [0.1, 0.15) is 0 Å². The van der Waals surface area contributed by atoms with Crippen molar-refractivity contribution in [2.45, 2.75) is 29.9 Å². The van der Waals surface area contributed by atoms with Crippen LogP contribution in [0.15, 0.2) is 33.0 Å². The maximum Gasteiger partial charge on any atom is 0.268 e. The van der Waals surface area contributed by atoms with E-state index in [1.165, 1.54) is 11.8 Å². The van der Waals surface area contributed by atoms with Gasteiger partial charge in [-0.1, -0.05) is 35.0 Å². The normalized spacial score (nSPS) is 12.9. The van der Waals surface area contributed by atoms with E-state index in [9.17, 15) is 9.59 Å². The summed E-state index contributed by atoms with van der Waals surface area (Å²) in [6.45, 7) is 2.42. The minimum absolute atomic E-state index is 0.0117. The van der Waals surface area contributed by atoms with Crippen molar-refractivity contribution in [2.24, 2.45) is 0 Å². The number of carbonyl (C=O) groups excluding carboxylic acids is 1. The van der Waals surface area contributed by atoms with Gasteiger partial charge in [0.05, 0.1) is 26.4 Å². The minimum atomic E-state index is -0.199. The average Bonchev–Trinajstić information content (AvgIpc) is 3.05. The molecule has 1 aliphatic rings. The highest BCUT2D eigenvalue weighted by atomic mass is 35.5. The van der Waals surface area contributed by atoms with Gasteiger partial charge in [0.25, 0.3) is 5.56 Å². The van der Waals surface area contributed by atoms with Crippen LogP contribution in [0.3, 0.4) is 0 Å². The lowest BCUT2D eigenvalue weighted by atomic mass is 10.3. The molecular formula is C16H15Cl2N3O2S2. The van der Waals surface area contributed by atoms with Crippen LogP contribution in [0, 0.1) is 0 Å². The zero-order chi connectivity index (χ0) is 18.0. The van der Waals surface area contributed by atoms with Crippen LogP contribution in [0.1, 0.15) is 12.6 Å². The zero-order valence-corrected chi connectivity index (χ0v) is 16.5. The highest BCUT2D eigenvalue weighted by Gasteiger charge is 2.21. The Hall–Kier alpha value is -1.15. The van der Waals surface area contributed by atoms with Crippen molar-refractivity contribution < 1.29 is 4.79 Å². The van der Waals surface area contributed by atoms with Crippen LogP contribution in [-0.4, -0.2) is 27.0 Å². The molecule has 132 valence electrons. The summed E-state index contributed by atoms with van der Waals surface area (Å²) in [6.07, 6.45) is 0.794. The van der Waals surface area contributed by atoms with Gasteiger partial charge in [-0.25, -0.2) is 4.98 Å². The second kappa shape index (κ2) is 8.03. The molecule has 1 N–H and O–H groups in total. The van der Waals surface area contributed by atoms with Crippen LogP contribution >= 0.6 is 46.7 Å². The lowest BCUT2D eigenvalue weighted by Gasteiger charge is -2.12. The van der Waals surface area contributed by atoms with E-state index in [2.05, 4.69) is 10.3 Å². The highest BCUT2D eigenvalue weighted by molar-refractivity contribution is 8.00. The number of anilines is 1. The fourth-order valence-corrected chi connectivity index (χ4v) is 4.63. The molecule has 0 spiro atoms. The molecule has 5 nitrogen and oxygen atoms in total. The molecule has 3 rings (SSSR count). The average molecular weight is 416 g/mol. The number of carbonyl (C=O) groups is 1. The van der Waals surface area contributed by atoms with Gasteiger partial charge in [0.15, 0.2) is 5.16 Å². The number of halogens is 2. The van der Waals surface area contributed by atoms with Crippen LogP contribution in [-0.2, 0) is 17.8 Å². The van der Waals surface area contributed by atoms with Crippen molar-refractivity contribution in [1.82, 2.24) is 9.55 Å². The van der Waals surface area contributed by atoms with E-state index >= 15 is 0 Å². The number of hydrogen-bond acceptors (Lipinski definition) is 5. The van der Waals surface area contributed by atoms with Gasteiger partial charge >= 0.3 is 0 Å². The topological polar surface area (TPSA) is 64.0 Å². The number of thioether (sulfide) groups is 2. The van der Waals surface area contributed by atoms with E-state index in [-0.39, 0.29) is 17.2 Å². The van der Waals surface area contributed by atoms with Crippen molar-refractivity contribution in [3.8, 4) is 0 Å². The number of nitrogens with zero attached hydrogens (tertiary/aromatic N) is 2. The molecule has 25 heavy (non-hydrogen) atoms. The highest BCUT2D eigenvalue weighted by Crippen LogP contribution is 2.29. The molecule has 1 aromatic heterocycles. The van der Waals surface area contributed by atoms with Gasteiger partial charge in [-0.2, -0.15) is 0 Å². The Morgan fingerprint density at radius 2 is 2.20 bits per heavy atom. The standard InChI is InChI=1S/C16H15Cl2N3O2S2/c1-2-21-15(23)14-12(5-6-24-14)20-16(21)25-8-13(22)19-9-3-4-10(17)11(18)7-9/h3-4,7H,2,5-6,8H2,1H3,(H,19,22). The Kier molecular flexibility index (Phi) is 5.99. The third kappa shape index (κ3) is 4.16. The molecule has 0 saturated heterocycles. The fraction of sp³-hybridized carbons (Fsp3) is 0.312. The summed E-state index contributed by atoms with van der Waals surface area (Å²) < 4.78 is 1.62. The van der Waals surface area contributed by atoms with Gasteiger partial charge in [0, 0.05) is 24.4 Å². The number of amides is 1. The predicted molar refractivity (Wildman–Crippen MR) is 104 cm³/mol. The zero-order valence-electron chi connectivity index (χ0n) is 13.3. The third-order valence-corrected chi connectivity index (χ3v) is 6.42. The lowest BCUT2D eigenvalue weighted by molar-refractivity contribution is -0.113. The number of nitrogens with one attached hydrogen (secondary N) is 1. The van der Waals surface area contributed by atoms with Crippen LogP contribution in [0.25, 0.3) is 0 Å². The summed E-state index contributed by atoms with van der Waals surface area (Å²) in [4.78, 5) is 30.0. The van der Waals surface area contributed by atoms with Gasteiger partial charge in [-0.15, -0.1) is 11.8 Å². The van der Waals surface area contributed by atoms with Gasteiger partial charge < -0.3 is 5.32 Å². The first-order chi connectivity index (χ1) is 12.0. The number of hydrogen-bond donors (Lipinski definition) is 1. The molecule has 1 aromatic carbocycles. The molecule has 0 saturated carbocycles. The van der Waals surface area contributed by atoms with Gasteiger partial charge in [-0.3, -0.25) is 14.2 Å². The maximum atomic E-state index is 12.5. The minimum Gasteiger partial charge on any atom is -0.325 e. The van der Waals surface area contributed by atoms with E-state index in [0.717, 1.165) is 22.8 Å². The van der Waals surface area contributed by atoms with E-state index in [1.807, 2.05) is 6.92 Å². The molecular weight excluding hydrogens is 401 g/mol. The van der Waals surface area contributed by atoms with Crippen molar-refractivity contribution in [3.05, 3.63) is 44.3 Å². The summed E-state index contributed by atoms with van der Waals surface area (Å²) in [5.41, 5.74) is 1.40. The molecule has 2 heterocycles. The SMILES string of the molecule is CCn1c(SCC(=O)Nc2ccc(Cl)c(Cl)c2)nc2c(c1=O)SCC2.